The van der Waals surface area contributed by atoms with Gasteiger partial charge in [0.15, 0.2) is 0 Å². The van der Waals surface area contributed by atoms with Gasteiger partial charge in [0.2, 0.25) is 0 Å². The Morgan fingerprint density at radius 3 is 2.00 bits per heavy atom. The van der Waals surface area contributed by atoms with Gasteiger partial charge in [-0.3, -0.25) is 0 Å². The van der Waals surface area contributed by atoms with Crippen LogP contribution in [0.5, 0.6) is 0 Å². The smallest absolute Gasteiger partial charge is 0.0466 e. The Kier molecular flexibility index (Phi) is 2.25. The first-order valence-electron chi connectivity index (χ1n) is 2.65. The molecule has 2 heteroatoms. The first-order valence-corrected chi connectivity index (χ1v) is 2.08. The molecule has 0 aliphatic carbocycles. The van der Waals surface area contributed by atoms with E-state index < -0.39 is 0 Å². The van der Waals surface area contributed by atoms with E-state index in [1.165, 1.54) is 12.8 Å². The summed E-state index contributed by atoms with van der Waals surface area (Å²) in [6, 6.07) is 0. The van der Waals surface area contributed by atoms with Gasteiger partial charge in [-0.2, -0.15) is 0 Å². The first kappa shape index (κ1) is 4.19. The fourth-order valence-corrected chi connectivity index (χ4v) is 0.510. The second-order valence-electron chi connectivity index (χ2n) is 1.32. The SMILES string of the molecule is C1CCOC1.[2H][B]. The summed E-state index contributed by atoms with van der Waals surface area (Å²) in [6.45, 7) is 2.00. The Morgan fingerprint density at radius 2 is 1.83 bits per heavy atom. The van der Waals surface area contributed by atoms with Crippen LogP contribution in [0, 0.1) is 0 Å². The molecule has 0 N–H and O–H groups in total. The molecule has 0 aromatic carbocycles. The summed E-state index contributed by atoms with van der Waals surface area (Å²) < 4.78 is 10.2. The number of hydrogen-bond donors (Lipinski definition) is 0. The zero-order valence-corrected chi connectivity index (χ0v) is 3.81. The van der Waals surface area contributed by atoms with Crippen molar-refractivity contribution >= 4 is 8.38 Å². The number of hydrogen-bond acceptors (Lipinski definition) is 1. The quantitative estimate of drug-likeness (QED) is 0.380. The van der Waals surface area contributed by atoms with Crippen LogP contribution in [0.2, 0.25) is 0 Å². The van der Waals surface area contributed by atoms with Crippen LogP contribution in [0.25, 0.3) is 0 Å². The van der Waals surface area contributed by atoms with E-state index in [4.69, 9.17) is 6.07 Å². The minimum Gasteiger partial charge on any atom is -0.381 e. The van der Waals surface area contributed by atoms with Crippen molar-refractivity contribution < 1.29 is 4.74 Å². The van der Waals surface area contributed by atoms with Crippen molar-refractivity contribution in [1.82, 2.24) is 0 Å². The highest BCUT2D eigenvalue weighted by atomic mass is 16.5. The maximum Gasteiger partial charge on any atom is 0.0466 e. The lowest BCUT2D eigenvalue weighted by Crippen LogP contribution is -1.74. The lowest BCUT2D eigenvalue weighted by molar-refractivity contribution is 0.198. The molecule has 2 radical (unpaired) electrons. The van der Waals surface area contributed by atoms with Gasteiger partial charge in [-0.15, -0.1) is 0 Å². The van der Waals surface area contributed by atoms with Crippen LogP contribution >= 0.6 is 0 Å². The summed E-state index contributed by atoms with van der Waals surface area (Å²) >= 11 is 0. The largest absolute Gasteiger partial charge is 0.381 e. The van der Waals surface area contributed by atoms with Crippen LogP contribution in [0.3, 0.4) is 0 Å². The van der Waals surface area contributed by atoms with E-state index in [-0.39, 0.29) is 0 Å². The minimum atomic E-state index is 1.00. The molecule has 0 aromatic rings. The van der Waals surface area contributed by atoms with Gasteiger partial charge in [0.25, 0.3) is 0 Å². The predicted molar refractivity (Wildman–Crippen MR) is 27.2 cm³/mol. The van der Waals surface area contributed by atoms with Gasteiger partial charge in [0.05, 0.1) is 0 Å². The van der Waals surface area contributed by atoms with E-state index in [9.17, 15) is 0 Å². The highest BCUT2D eigenvalue weighted by Crippen LogP contribution is 1.98. The summed E-state index contributed by atoms with van der Waals surface area (Å²) in [7, 11) is 3.75. The van der Waals surface area contributed by atoms with Gasteiger partial charge >= 0.3 is 0 Å². The van der Waals surface area contributed by atoms with E-state index in [0.717, 1.165) is 13.2 Å². The van der Waals surface area contributed by atoms with Crippen molar-refractivity contribution in [2.75, 3.05) is 13.2 Å². The molecule has 0 amide bonds. The fourth-order valence-electron chi connectivity index (χ4n) is 0.510. The molecule has 1 nitrogen and oxygen atoms in total. The van der Waals surface area contributed by atoms with Gasteiger partial charge in [0.1, 0.15) is 0 Å². The van der Waals surface area contributed by atoms with Crippen LogP contribution < -0.4 is 0 Å². The van der Waals surface area contributed by atoms with Crippen molar-refractivity contribution in [3.8, 4) is 0 Å². The zero-order valence-electron chi connectivity index (χ0n) is 4.81. The maximum atomic E-state index is 5.25. The van der Waals surface area contributed by atoms with Crippen LogP contribution in [0.1, 0.15) is 12.8 Å². The lowest BCUT2D eigenvalue weighted by Gasteiger charge is -1.76. The van der Waals surface area contributed by atoms with Gasteiger partial charge in [-0.1, -0.05) is 0 Å². The average Bonchev–Trinajstić information content (AvgIpc) is 2.23. The Hall–Kier alpha value is 0.0249. The molecular formula is C4H9BO. The zero-order chi connectivity index (χ0) is 5.54. The maximum absolute atomic E-state index is 5.25. The Bertz CT molecular complexity index is 23.3. The van der Waals surface area contributed by atoms with E-state index in [1.807, 2.05) is 0 Å². The molecule has 0 spiro atoms. The molecule has 0 atom stereocenters. The van der Waals surface area contributed by atoms with Crippen LogP contribution in [-0.2, 0) is 4.74 Å². The second kappa shape index (κ2) is 3.22. The number of rotatable bonds is 0. The molecule has 0 aromatic heterocycles. The number of ether oxygens (including phenoxy) is 1. The third-order valence-electron chi connectivity index (χ3n) is 0.827. The van der Waals surface area contributed by atoms with E-state index in [2.05, 4.69) is 8.38 Å². The van der Waals surface area contributed by atoms with Gasteiger partial charge in [-0.25, -0.2) is 0 Å². The molecule has 0 unspecified atom stereocenters. The normalized spacial score (nSPS) is 21.0. The molecule has 1 heterocycles. The summed E-state index contributed by atoms with van der Waals surface area (Å²) in [5, 5.41) is 0. The van der Waals surface area contributed by atoms with Crippen molar-refractivity contribution in [1.29, 1.82) is 1.34 Å². The van der Waals surface area contributed by atoms with Gasteiger partial charge in [-0.05, 0) is 14.2 Å². The predicted octanol–water partition coefficient (Wildman–Crippen LogP) is 0.148. The third-order valence-corrected chi connectivity index (χ3v) is 0.827. The molecular weight excluding hydrogens is 74.9 g/mol. The molecule has 0 saturated carbocycles. The molecule has 1 fully saturated rings. The standard InChI is InChI=1S/C4H8O.BH/c1-2-4-5-3-1;/h1-4H2;1H/i;1D. The summed E-state index contributed by atoms with van der Waals surface area (Å²) in [6.07, 6.45) is 2.56. The minimum absolute atomic E-state index is 1.00. The molecule has 1 saturated heterocycles. The highest BCUT2D eigenvalue weighted by Gasteiger charge is 1.94. The van der Waals surface area contributed by atoms with E-state index in [0.29, 0.717) is 0 Å². The first-order chi connectivity index (χ1) is 3.50. The molecule has 1 rings (SSSR count). The highest BCUT2D eigenvalue weighted by molar-refractivity contribution is 5.75. The van der Waals surface area contributed by atoms with E-state index >= 15 is 0 Å². The van der Waals surface area contributed by atoms with Crippen molar-refractivity contribution in [3.63, 3.8) is 0 Å². The van der Waals surface area contributed by atoms with Crippen LogP contribution in [0.15, 0.2) is 0 Å². The van der Waals surface area contributed by atoms with Crippen LogP contribution in [0.4, 0.5) is 0 Å². The summed E-state index contributed by atoms with van der Waals surface area (Å²) in [4.78, 5) is 0. The Labute approximate surface area is 41.6 Å². The molecule has 1 aliphatic rings. The second-order valence-corrected chi connectivity index (χ2v) is 1.32. The molecule has 34 valence electrons. The fraction of sp³-hybridized carbons (Fsp3) is 1.00. The molecule has 1 aliphatic heterocycles. The monoisotopic (exact) mass is 85.1 g/mol. The Morgan fingerprint density at radius 1 is 1.33 bits per heavy atom. The summed E-state index contributed by atoms with van der Waals surface area (Å²) in [5.41, 5.74) is 0. The Balaban J connectivity index is 0.000000162. The summed E-state index contributed by atoms with van der Waals surface area (Å²) in [5.74, 6) is 0. The van der Waals surface area contributed by atoms with Crippen molar-refractivity contribution in [2.45, 2.75) is 12.8 Å². The topological polar surface area (TPSA) is 9.23 Å². The molecule has 6 heavy (non-hydrogen) atoms. The molecule has 0 bridgehead atoms. The van der Waals surface area contributed by atoms with Crippen LogP contribution in [-0.4, -0.2) is 22.9 Å². The third kappa shape index (κ3) is 1.46. The van der Waals surface area contributed by atoms with E-state index in [1.54, 1.807) is 0 Å². The van der Waals surface area contributed by atoms with Crippen molar-refractivity contribution in [3.05, 3.63) is 0 Å². The lowest BCUT2D eigenvalue weighted by atomic mass is 10.4. The van der Waals surface area contributed by atoms with Gasteiger partial charge < -0.3 is 4.74 Å². The average molecular weight is 84.9 g/mol. The van der Waals surface area contributed by atoms with Gasteiger partial charge in [0, 0.05) is 21.6 Å². The van der Waals surface area contributed by atoms with Crippen molar-refractivity contribution in [2.24, 2.45) is 0 Å².